The molecule has 378 valence electrons. The molecule has 0 heterocycles. The molecule has 0 fully saturated rings. The van der Waals surface area contributed by atoms with E-state index >= 15 is 0 Å². The van der Waals surface area contributed by atoms with Crippen molar-refractivity contribution in [3.05, 3.63) is 291 Å². The Morgan fingerprint density at radius 1 is 0.192 bits per heavy atom. The van der Waals surface area contributed by atoms with Gasteiger partial charge in [0.15, 0.2) is 0 Å². The molecule has 11 aromatic carbocycles. The van der Waals surface area contributed by atoms with Gasteiger partial charge < -0.3 is 42.5 Å². The van der Waals surface area contributed by atoms with Crippen LogP contribution < -0.4 is 42.5 Å². The molecule has 0 aliphatic rings. The van der Waals surface area contributed by atoms with Crippen molar-refractivity contribution in [2.24, 2.45) is 0 Å². The lowest BCUT2D eigenvalue weighted by atomic mass is 9.89. The summed E-state index contributed by atoms with van der Waals surface area (Å²) in [4.78, 5) is 0. The van der Waals surface area contributed by atoms with Gasteiger partial charge >= 0.3 is 0 Å². The summed E-state index contributed by atoms with van der Waals surface area (Å²) in [6, 6.07) is 91.0. The van der Waals surface area contributed by atoms with Crippen LogP contribution in [0.3, 0.4) is 0 Å². The van der Waals surface area contributed by atoms with E-state index in [1.807, 2.05) is 158 Å². The molecule has 8 nitrogen and oxygen atoms in total. The lowest BCUT2D eigenvalue weighted by Crippen LogP contribution is -2.10. The Bertz CT molecular complexity index is 3520. The summed E-state index contributed by atoms with van der Waals surface area (Å²) in [6.07, 6.45) is 3.90. The van der Waals surface area contributed by atoms with Crippen molar-refractivity contribution in [1.82, 2.24) is 0 Å². The van der Waals surface area contributed by atoms with Crippen LogP contribution in [0.4, 0.5) is 91.0 Å². The Balaban J connectivity index is 1.19. The number of anilines is 16. The molecule has 78 heavy (non-hydrogen) atoms. The van der Waals surface area contributed by atoms with Crippen molar-refractivity contribution < 1.29 is 0 Å². The Kier molecular flexibility index (Phi) is 15.0. The van der Waals surface area contributed by atoms with E-state index in [2.05, 4.69) is 177 Å². The fraction of sp³-hybridized carbons (Fsp3) is 0. The van der Waals surface area contributed by atoms with Gasteiger partial charge in [0.1, 0.15) is 0 Å². The molecule has 0 amide bonds. The Labute approximate surface area is 456 Å². The van der Waals surface area contributed by atoms with E-state index in [1.54, 1.807) is 0 Å². The highest BCUT2D eigenvalue weighted by atomic mass is 15.1. The first kappa shape index (κ1) is 49.5. The van der Waals surface area contributed by atoms with Gasteiger partial charge in [-0.05, 0) is 108 Å². The largest absolute Gasteiger partial charge is 0.353 e. The van der Waals surface area contributed by atoms with Crippen LogP contribution in [-0.2, 0) is 0 Å². The highest BCUT2D eigenvalue weighted by Gasteiger charge is 2.28. The van der Waals surface area contributed by atoms with Gasteiger partial charge in [0.2, 0.25) is 0 Å². The molecule has 11 aromatic rings. The molecule has 0 aromatic heterocycles. The molecular weight excluding hydrogens is 953 g/mol. The van der Waals surface area contributed by atoms with Crippen molar-refractivity contribution in [2.45, 2.75) is 0 Å². The number of hydrogen-bond donors (Lipinski definition) is 8. The number of benzene rings is 11. The van der Waals surface area contributed by atoms with E-state index in [-0.39, 0.29) is 0 Å². The van der Waals surface area contributed by atoms with E-state index in [0.29, 0.717) is 0 Å². The number of rotatable bonds is 20. The number of hydrogen-bond acceptors (Lipinski definition) is 8. The Morgan fingerprint density at radius 2 is 0.359 bits per heavy atom. The minimum Gasteiger partial charge on any atom is -0.353 e. The molecule has 0 saturated heterocycles. The van der Waals surface area contributed by atoms with Gasteiger partial charge in [-0.3, -0.25) is 0 Å². The van der Waals surface area contributed by atoms with Crippen LogP contribution in [0.5, 0.6) is 0 Å². The summed E-state index contributed by atoms with van der Waals surface area (Å²) >= 11 is 0. The van der Waals surface area contributed by atoms with Crippen LogP contribution in [0.15, 0.2) is 280 Å². The lowest BCUT2D eigenvalue weighted by molar-refractivity contribution is 1.43. The third-order valence-corrected chi connectivity index (χ3v) is 13.3. The summed E-state index contributed by atoms with van der Waals surface area (Å²) in [6.45, 7) is 9.08. The van der Waals surface area contributed by atoms with E-state index in [1.165, 1.54) is 0 Å². The van der Waals surface area contributed by atoms with Crippen molar-refractivity contribution >= 4 is 103 Å². The molecular formula is C70H58N8. The molecule has 8 heteroatoms. The van der Waals surface area contributed by atoms with E-state index in [0.717, 1.165) is 124 Å². The SMILES string of the molecule is C=Cc1c(Nc2ccccc2)c(Nc2ccccc2)c(Nc2ccccc2)c(Nc2ccccc2)c1-c1ccc(-c2c(C=C)c(Nc3ccccc3)c(Nc3ccccc3)c(Nc3ccccc3)c2Nc2ccccc2)cc1. The van der Waals surface area contributed by atoms with Crippen LogP contribution in [0, 0.1) is 0 Å². The zero-order chi connectivity index (χ0) is 52.9. The smallest absolute Gasteiger partial charge is 0.0891 e. The van der Waals surface area contributed by atoms with Crippen LogP contribution in [0.25, 0.3) is 34.4 Å². The second-order valence-corrected chi connectivity index (χ2v) is 18.5. The monoisotopic (exact) mass is 1010 g/mol. The van der Waals surface area contributed by atoms with Gasteiger partial charge in [-0.15, -0.1) is 0 Å². The van der Waals surface area contributed by atoms with Gasteiger partial charge in [-0.1, -0.05) is 195 Å². The van der Waals surface area contributed by atoms with E-state index in [4.69, 9.17) is 0 Å². The fourth-order valence-electron chi connectivity index (χ4n) is 9.69. The second kappa shape index (κ2) is 23.7. The second-order valence-electron chi connectivity index (χ2n) is 18.5. The topological polar surface area (TPSA) is 96.2 Å². The van der Waals surface area contributed by atoms with Gasteiger partial charge in [0.05, 0.1) is 45.5 Å². The van der Waals surface area contributed by atoms with Crippen molar-refractivity contribution in [1.29, 1.82) is 0 Å². The van der Waals surface area contributed by atoms with E-state index in [9.17, 15) is 0 Å². The molecule has 8 N–H and O–H groups in total. The van der Waals surface area contributed by atoms with Crippen LogP contribution in [0.2, 0.25) is 0 Å². The number of nitrogens with one attached hydrogen (secondary N) is 8. The maximum atomic E-state index is 4.54. The summed E-state index contributed by atoms with van der Waals surface area (Å²) in [5.74, 6) is 0. The molecule has 0 saturated carbocycles. The predicted molar refractivity (Wildman–Crippen MR) is 335 cm³/mol. The lowest BCUT2D eigenvalue weighted by Gasteiger charge is -2.29. The van der Waals surface area contributed by atoms with Crippen molar-refractivity contribution in [3.8, 4) is 22.3 Å². The minimum atomic E-state index is 0.829. The molecule has 0 spiro atoms. The van der Waals surface area contributed by atoms with Crippen molar-refractivity contribution in [3.63, 3.8) is 0 Å². The zero-order valence-electron chi connectivity index (χ0n) is 43.0. The average Bonchev–Trinajstić information content (AvgIpc) is 3.54. The normalized spacial score (nSPS) is 10.7. The van der Waals surface area contributed by atoms with Crippen LogP contribution >= 0.6 is 0 Å². The quantitative estimate of drug-likeness (QED) is 0.0383. The van der Waals surface area contributed by atoms with Gasteiger partial charge in [-0.25, -0.2) is 0 Å². The standard InChI is InChI=1S/C70H58N8/c1-3-59-61(65(73-53-33-17-7-18-34-53)69(77-57-41-25-11-26-42-57)67(75-55-37-21-9-22-38-55)63(59)71-51-29-13-5-14-30-51)49-45-47-50(48-46-49)62-60(4-2)64(72-52-31-15-6-16-32-52)68(76-56-39-23-10-24-40-56)70(78-58-43-27-12-28-44-58)66(62)74-54-35-19-8-20-36-54/h3-48,71-78H,1-2H2. The first-order valence-corrected chi connectivity index (χ1v) is 26.0. The maximum Gasteiger partial charge on any atom is 0.0891 e. The molecule has 0 atom stereocenters. The fourth-order valence-corrected chi connectivity index (χ4v) is 9.69. The van der Waals surface area contributed by atoms with Crippen molar-refractivity contribution in [2.75, 3.05) is 42.5 Å². The molecule has 0 aliphatic carbocycles. The summed E-state index contributed by atoms with van der Waals surface area (Å²) in [5, 5.41) is 31.0. The summed E-state index contributed by atoms with van der Waals surface area (Å²) < 4.78 is 0. The van der Waals surface area contributed by atoms with Gasteiger partial charge in [0, 0.05) is 67.8 Å². The molecule has 0 bridgehead atoms. The first-order valence-electron chi connectivity index (χ1n) is 26.0. The first-order chi connectivity index (χ1) is 38.6. The minimum absolute atomic E-state index is 0.829. The summed E-state index contributed by atoms with van der Waals surface area (Å²) in [5.41, 5.74) is 19.6. The Morgan fingerprint density at radius 3 is 0.551 bits per heavy atom. The van der Waals surface area contributed by atoms with E-state index < -0.39 is 0 Å². The molecule has 0 radical (unpaired) electrons. The predicted octanol–water partition coefficient (Wildman–Crippen LogP) is 20.3. The van der Waals surface area contributed by atoms with Gasteiger partial charge in [0.25, 0.3) is 0 Å². The average molecular weight is 1010 g/mol. The number of para-hydroxylation sites is 8. The van der Waals surface area contributed by atoms with Gasteiger partial charge in [-0.2, -0.15) is 0 Å². The zero-order valence-corrected chi connectivity index (χ0v) is 43.0. The Hall–Kier alpha value is -10.7. The van der Waals surface area contributed by atoms with Crippen LogP contribution in [-0.4, -0.2) is 0 Å². The molecule has 0 unspecified atom stereocenters. The third kappa shape index (κ3) is 11.2. The third-order valence-electron chi connectivity index (χ3n) is 13.3. The molecule has 11 rings (SSSR count). The highest BCUT2D eigenvalue weighted by Crippen LogP contribution is 2.55. The van der Waals surface area contributed by atoms with Crippen LogP contribution in [0.1, 0.15) is 11.1 Å². The highest BCUT2D eigenvalue weighted by molar-refractivity contribution is 6.12. The summed E-state index contributed by atoms with van der Waals surface area (Å²) in [7, 11) is 0. The molecule has 0 aliphatic heterocycles. The maximum absolute atomic E-state index is 4.54.